The Balaban J connectivity index is 2.34. The topological polar surface area (TPSA) is 58.6 Å². The normalized spacial score (nSPS) is 19.8. The lowest BCUT2D eigenvalue weighted by Gasteiger charge is -2.20. The van der Waals surface area contributed by atoms with Crippen LogP contribution in [-0.4, -0.2) is 37.4 Å². The number of hydrogen-bond donors (Lipinski definition) is 2. The van der Waals surface area contributed by atoms with Crippen molar-refractivity contribution in [3.63, 3.8) is 0 Å². The van der Waals surface area contributed by atoms with E-state index in [1.807, 2.05) is 0 Å². The Labute approximate surface area is 84.6 Å². The van der Waals surface area contributed by atoms with Crippen LogP contribution in [0.1, 0.15) is 25.7 Å². The van der Waals surface area contributed by atoms with E-state index in [1.165, 1.54) is 12.8 Å². The summed E-state index contributed by atoms with van der Waals surface area (Å²) in [4.78, 5) is 11.0. The second kappa shape index (κ2) is 5.98. The van der Waals surface area contributed by atoms with Crippen LogP contribution in [0.15, 0.2) is 0 Å². The standard InChI is InChI=1S/C10H19NO3/c1-14-7-6-11-9(10(12)13)8-4-2-3-5-8/h8-9,11H,2-7H2,1H3,(H,12,13). The minimum absolute atomic E-state index is 0.310. The van der Waals surface area contributed by atoms with Gasteiger partial charge in [-0.25, -0.2) is 0 Å². The molecule has 0 spiro atoms. The molecule has 0 amide bonds. The summed E-state index contributed by atoms with van der Waals surface area (Å²) in [6.07, 6.45) is 4.41. The van der Waals surface area contributed by atoms with Gasteiger partial charge in [0.15, 0.2) is 0 Å². The molecule has 1 unspecified atom stereocenters. The van der Waals surface area contributed by atoms with Gasteiger partial charge in [0, 0.05) is 13.7 Å². The van der Waals surface area contributed by atoms with Crippen LogP contribution >= 0.6 is 0 Å². The highest BCUT2D eigenvalue weighted by Crippen LogP contribution is 2.27. The summed E-state index contributed by atoms with van der Waals surface area (Å²) in [5.41, 5.74) is 0. The highest BCUT2D eigenvalue weighted by atomic mass is 16.5. The molecule has 0 bridgehead atoms. The average molecular weight is 201 g/mol. The van der Waals surface area contributed by atoms with Gasteiger partial charge in [-0.05, 0) is 18.8 Å². The van der Waals surface area contributed by atoms with Crippen LogP contribution in [0, 0.1) is 5.92 Å². The highest BCUT2D eigenvalue weighted by Gasteiger charge is 2.29. The lowest BCUT2D eigenvalue weighted by molar-refractivity contribution is -0.141. The molecule has 0 aromatic carbocycles. The number of carbonyl (C=O) groups is 1. The first-order chi connectivity index (χ1) is 6.75. The Bertz CT molecular complexity index is 178. The van der Waals surface area contributed by atoms with Crippen molar-refractivity contribution in [1.82, 2.24) is 5.32 Å². The fourth-order valence-corrected chi connectivity index (χ4v) is 2.06. The Hall–Kier alpha value is -0.610. The first-order valence-electron chi connectivity index (χ1n) is 5.21. The van der Waals surface area contributed by atoms with Crippen LogP contribution in [0.2, 0.25) is 0 Å². The number of carboxylic acids is 1. The molecule has 2 N–H and O–H groups in total. The van der Waals surface area contributed by atoms with Gasteiger partial charge in [0.25, 0.3) is 0 Å². The smallest absolute Gasteiger partial charge is 0.320 e. The van der Waals surface area contributed by atoms with Crippen molar-refractivity contribution in [1.29, 1.82) is 0 Å². The van der Waals surface area contributed by atoms with Gasteiger partial charge in [-0.1, -0.05) is 12.8 Å². The minimum Gasteiger partial charge on any atom is -0.480 e. The van der Waals surface area contributed by atoms with Crippen molar-refractivity contribution in [3.8, 4) is 0 Å². The molecule has 0 heterocycles. The molecule has 0 aromatic rings. The predicted molar refractivity (Wildman–Crippen MR) is 53.3 cm³/mol. The predicted octanol–water partition coefficient (Wildman–Crippen LogP) is 0.866. The summed E-state index contributed by atoms with van der Waals surface area (Å²) in [5.74, 6) is -0.419. The Kier molecular flexibility index (Phi) is 4.90. The van der Waals surface area contributed by atoms with Crippen molar-refractivity contribution in [2.24, 2.45) is 5.92 Å². The van der Waals surface area contributed by atoms with Crippen molar-refractivity contribution in [2.75, 3.05) is 20.3 Å². The van der Waals surface area contributed by atoms with Crippen LogP contribution in [0.25, 0.3) is 0 Å². The maximum atomic E-state index is 11.0. The van der Waals surface area contributed by atoms with Gasteiger partial charge in [-0.15, -0.1) is 0 Å². The molecule has 1 atom stereocenters. The Morgan fingerprint density at radius 1 is 1.57 bits per heavy atom. The monoisotopic (exact) mass is 201 g/mol. The molecule has 82 valence electrons. The zero-order chi connectivity index (χ0) is 10.4. The van der Waals surface area contributed by atoms with Crippen LogP contribution in [0.3, 0.4) is 0 Å². The molecule has 14 heavy (non-hydrogen) atoms. The van der Waals surface area contributed by atoms with Gasteiger partial charge in [-0.2, -0.15) is 0 Å². The van der Waals surface area contributed by atoms with E-state index in [0.29, 0.717) is 19.1 Å². The van der Waals surface area contributed by atoms with E-state index >= 15 is 0 Å². The molecule has 1 rings (SSSR count). The Morgan fingerprint density at radius 3 is 2.71 bits per heavy atom. The number of hydrogen-bond acceptors (Lipinski definition) is 3. The molecule has 4 nitrogen and oxygen atoms in total. The van der Waals surface area contributed by atoms with Gasteiger partial charge in [0.2, 0.25) is 0 Å². The van der Waals surface area contributed by atoms with Crippen LogP contribution < -0.4 is 5.32 Å². The molecule has 1 saturated carbocycles. The van der Waals surface area contributed by atoms with Crippen LogP contribution in [-0.2, 0) is 9.53 Å². The largest absolute Gasteiger partial charge is 0.480 e. The summed E-state index contributed by atoms with van der Waals surface area (Å²) in [6, 6.07) is -0.382. The molecule has 1 fully saturated rings. The van der Waals surface area contributed by atoms with E-state index in [0.717, 1.165) is 12.8 Å². The molecule has 0 aromatic heterocycles. The van der Waals surface area contributed by atoms with Gasteiger partial charge < -0.3 is 15.2 Å². The van der Waals surface area contributed by atoms with Gasteiger partial charge in [0.05, 0.1) is 6.61 Å². The van der Waals surface area contributed by atoms with E-state index in [2.05, 4.69) is 5.32 Å². The van der Waals surface area contributed by atoms with E-state index in [1.54, 1.807) is 7.11 Å². The third-order valence-electron chi connectivity index (χ3n) is 2.81. The molecule has 0 radical (unpaired) electrons. The third kappa shape index (κ3) is 3.27. The zero-order valence-electron chi connectivity index (χ0n) is 8.66. The minimum atomic E-state index is -0.729. The van der Waals surface area contributed by atoms with Crippen molar-refractivity contribution >= 4 is 5.97 Å². The molecule has 4 heteroatoms. The fourth-order valence-electron chi connectivity index (χ4n) is 2.06. The van der Waals surface area contributed by atoms with Crippen molar-refractivity contribution < 1.29 is 14.6 Å². The third-order valence-corrected chi connectivity index (χ3v) is 2.81. The lowest BCUT2D eigenvalue weighted by Crippen LogP contribution is -2.43. The van der Waals surface area contributed by atoms with E-state index in [4.69, 9.17) is 9.84 Å². The summed E-state index contributed by atoms with van der Waals surface area (Å²) in [6.45, 7) is 1.18. The van der Waals surface area contributed by atoms with Crippen molar-refractivity contribution in [3.05, 3.63) is 0 Å². The number of methoxy groups -OCH3 is 1. The number of nitrogens with one attached hydrogen (secondary N) is 1. The summed E-state index contributed by atoms with van der Waals surface area (Å²) >= 11 is 0. The molecule has 1 aliphatic rings. The van der Waals surface area contributed by atoms with Crippen molar-refractivity contribution in [2.45, 2.75) is 31.7 Å². The number of aliphatic carboxylic acids is 1. The highest BCUT2D eigenvalue weighted by molar-refractivity contribution is 5.73. The van der Waals surface area contributed by atoms with E-state index in [-0.39, 0.29) is 6.04 Å². The second-order valence-corrected chi connectivity index (χ2v) is 3.81. The second-order valence-electron chi connectivity index (χ2n) is 3.81. The summed E-state index contributed by atoms with van der Waals surface area (Å²) in [7, 11) is 1.62. The first-order valence-corrected chi connectivity index (χ1v) is 5.21. The zero-order valence-corrected chi connectivity index (χ0v) is 8.66. The molecule has 1 aliphatic carbocycles. The Morgan fingerprint density at radius 2 is 2.21 bits per heavy atom. The van der Waals surface area contributed by atoms with Crippen LogP contribution in [0.5, 0.6) is 0 Å². The maximum Gasteiger partial charge on any atom is 0.320 e. The SMILES string of the molecule is COCCNC(C(=O)O)C1CCCC1. The quantitative estimate of drug-likeness (QED) is 0.626. The lowest BCUT2D eigenvalue weighted by atomic mass is 9.98. The fraction of sp³-hybridized carbons (Fsp3) is 0.900. The number of rotatable bonds is 6. The molecule has 0 aliphatic heterocycles. The van der Waals surface area contributed by atoms with Gasteiger partial charge in [0.1, 0.15) is 6.04 Å². The molecular formula is C10H19NO3. The average Bonchev–Trinajstić information content (AvgIpc) is 2.64. The van der Waals surface area contributed by atoms with Gasteiger partial charge in [-0.3, -0.25) is 4.79 Å². The summed E-state index contributed by atoms with van der Waals surface area (Å²) in [5, 5.41) is 12.1. The van der Waals surface area contributed by atoms with Gasteiger partial charge >= 0.3 is 5.97 Å². The maximum absolute atomic E-state index is 11.0. The molecule has 0 saturated heterocycles. The van der Waals surface area contributed by atoms with Crippen LogP contribution in [0.4, 0.5) is 0 Å². The first kappa shape index (κ1) is 11.5. The molecular weight excluding hydrogens is 182 g/mol. The number of carboxylic acid groups (broad SMARTS) is 1. The summed E-state index contributed by atoms with van der Waals surface area (Å²) < 4.78 is 4.88. The van der Waals surface area contributed by atoms with E-state index < -0.39 is 5.97 Å². The number of ether oxygens (including phenoxy) is 1. The van der Waals surface area contributed by atoms with E-state index in [9.17, 15) is 4.79 Å².